The Hall–Kier alpha value is -1.55. The smallest absolute Gasteiger partial charge is 0.135 e. The number of benzene rings is 1. The van der Waals surface area contributed by atoms with Gasteiger partial charge in [-0.1, -0.05) is 12.1 Å². The van der Waals surface area contributed by atoms with Gasteiger partial charge in [-0.25, -0.2) is 0 Å². The maximum Gasteiger partial charge on any atom is 0.135 e. The monoisotopic (exact) mass is 234 g/mol. The molecule has 92 valence electrons. The molecule has 4 heteroatoms. The maximum absolute atomic E-state index is 11.0. The van der Waals surface area contributed by atoms with E-state index in [1.807, 2.05) is 24.3 Å². The molecule has 0 amide bonds. The third-order valence-corrected chi connectivity index (χ3v) is 3.78. The van der Waals surface area contributed by atoms with Crippen LogP contribution in [-0.2, 0) is 4.79 Å². The lowest BCUT2D eigenvalue weighted by molar-refractivity contribution is -0.492. The van der Waals surface area contributed by atoms with Crippen molar-refractivity contribution < 1.29 is 15.6 Å². The summed E-state index contributed by atoms with van der Waals surface area (Å²) in [6, 6.07) is 7.82. The Kier molecular flexibility index (Phi) is 3.07. The first-order valence-corrected chi connectivity index (χ1v) is 5.93. The van der Waals surface area contributed by atoms with Crippen molar-refractivity contribution in [2.45, 2.75) is 37.1 Å². The van der Waals surface area contributed by atoms with Gasteiger partial charge in [0.05, 0.1) is 0 Å². The molecule has 1 aromatic carbocycles. The highest BCUT2D eigenvalue weighted by atomic mass is 16.4. The molecule has 0 heterocycles. The van der Waals surface area contributed by atoms with Gasteiger partial charge < -0.3 is 21.4 Å². The first-order chi connectivity index (χ1) is 8.01. The molecule has 0 radical (unpaired) electrons. The summed E-state index contributed by atoms with van der Waals surface area (Å²) in [6.07, 6.45) is 2.87. The lowest BCUT2D eigenvalue weighted by Crippen LogP contribution is -2.80. The fourth-order valence-electron chi connectivity index (χ4n) is 2.48. The number of anilines is 1. The summed E-state index contributed by atoms with van der Waals surface area (Å²) in [6.45, 7) is 0. The van der Waals surface area contributed by atoms with E-state index < -0.39 is 11.5 Å². The van der Waals surface area contributed by atoms with Crippen molar-refractivity contribution >= 4 is 11.7 Å². The van der Waals surface area contributed by atoms with Crippen molar-refractivity contribution in [1.29, 1.82) is 0 Å². The Morgan fingerprint density at radius 2 is 1.82 bits per heavy atom. The molecule has 17 heavy (non-hydrogen) atoms. The highest BCUT2D eigenvalue weighted by Crippen LogP contribution is 2.35. The van der Waals surface area contributed by atoms with E-state index in [0.717, 1.165) is 18.5 Å². The number of carboxylic acids is 1. The molecule has 1 saturated carbocycles. The first kappa shape index (κ1) is 11.9. The number of aliphatic carboxylic acids is 1. The molecule has 1 fully saturated rings. The second-order valence-corrected chi connectivity index (χ2v) is 5.01. The van der Waals surface area contributed by atoms with Gasteiger partial charge >= 0.3 is 0 Å². The average Bonchev–Trinajstić information content (AvgIpc) is 2.31. The number of rotatable bonds is 2. The van der Waals surface area contributed by atoms with Gasteiger partial charge in [-0.05, 0) is 36.5 Å². The second kappa shape index (κ2) is 4.37. The van der Waals surface area contributed by atoms with Gasteiger partial charge in [0.1, 0.15) is 11.5 Å². The topological polar surface area (TPSA) is 93.8 Å². The summed E-state index contributed by atoms with van der Waals surface area (Å²) in [5.41, 5.74) is 10.5. The minimum absolute atomic E-state index is 0.421. The zero-order valence-corrected chi connectivity index (χ0v) is 9.82. The van der Waals surface area contributed by atoms with E-state index in [2.05, 4.69) is 5.73 Å². The zero-order valence-electron chi connectivity index (χ0n) is 9.82. The number of carbonyl (C=O) groups excluding carboxylic acids is 1. The van der Waals surface area contributed by atoms with Crippen LogP contribution in [0.1, 0.15) is 37.2 Å². The van der Waals surface area contributed by atoms with E-state index in [1.165, 1.54) is 5.56 Å². The summed E-state index contributed by atoms with van der Waals surface area (Å²) >= 11 is 0. The van der Waals surface area contributed by atoms with Crippen LogP contribution in [0.4, 0.5) is 5.69 Å². The summed E-state index contributed by atoms with van der Waals surface area (Å²) in [7, 11) is 0. The van der Waals surface area contributed by atoms with Crippen molar-refractivity contribution in [3.05, 3.63) is 29.8 Å². The Balaban J connectivity index is 2.04. The number of nitrogens with two attached hydrogens (primary N) is 1. The number of hydrogen-bond donors (Lipinski definition) is 2. The average molecular weight is 234 g/mol. The summed E-state index contributed by atoms with van der Waals surface area (Å²) in [4.78, 5) is 11.0. The molecule has 0 unspecified atom stereocenters. The molecule has 0 aliphatic heterocycles. The number of quaternary nitrogens is 1. The van der Waals surface area contributed by atoms with Crippen LogP contribution in [0.25, 0.3) is 0 Å². The number of carboxylic acid groups (broad SMARTS) is 1. The molecule has 2 rings (SSSR count). The lowest BCUT2D eigenvalue weighted by Gasteiger charge is -2.34. The van der Waals surface area contributed by atoms with Crippen molar-refractivity contribution in [2.75, 3.05) is 5.73 Å². The molecule has 4 nitrogen and oxygen atoms in total. The Morgan fingerprint density at radius 1 is 1.29 bits per heavy atom. The number of hydrogen-bond acceptors (Lipinski definition) is 3. The van der Waals surface area contributed by atoms with Crippen LogP contribution in [0.2, 0.25) is 0 Å². The van der Waals surface area contributed by atoms with Crippen LogP contribution in [0.3, 0.4) is 0 Å². The standard InChI is InChI=1S/C13H18N2O2/c14-11-3-1-9(2-4-11)10-5-7-13(15,8-6-10)12(16)17/h1-4,10H,5-8,14-15H2,(H,16,17). The van der Waals surface area contributed by atoms with Gasteiger partial charge in [0, 0.05) is 18.5 Å². The fourth-order valence-corrected chi connectivity index (χ4v) is 2.48. The van der Waals surface area contributed by atoms with Crippen LogP contribution >= 0.6 is 0 Å². The largest absolute Gasteiger partial charge is 0.544 e. The van der Waals surface area contributed by atoms with E-state index in [1.54, 1.807) is 0 Å². The highest BCUT2D eigenvalue weighted by molar-refractivity contribution is 5.74. The van der Waals surface area contributed by atoms with Gasteiger partial charge in [-0.2, -0.15) is 0 Å². The molecule has 1 aromatic rings. The third-order valence-electron chi connectivity index (χ3n) is 3.78. The van der Waals surface area contributed by atoms with Crippen molar-refractivity contribution in [2.24, 2.45) is 0 Å². The minimum atomic E-state index is -1.02. The minimum Gasteiger partial charge on any atom is -0.544 e. The summed E-state index contributed by atoms with van der Waals surface area (Å²) < 4.78 is 0. The van der Waals surface area contributed by atoms with E-state index in [0.29, 0.717) is 18.8 Å². The van der Waals surface area contributed by atoms with Crippen molar-refractivity contribution in [3.8, 4) is 0 Å². The van der Waals surface area contributed by atoms with Gasteiger partial charge in [0.15, 0.2) is 0 Å². The molecule has 0 saturated heterocycles. The highest BCUT2D eigenvalue weighted by Gasteiger charge is 2.36. The number of nitrogen functional groups attached to an aromatic ring is 1. The molecule has 0 spiro atoms. The molecule has 1 aliphatic carbocycles. The fraction of sp³-hybridized carbons (Fsp3) is 0.462. The lowest BCUT2D eigenvalue weighted by atomic mass is 9.75. The molecule has 1 aliphatic rings. The second-order valence-electron chi connectivity index (χ2n) is 5.01. The van der Waals surface area contributed by atoms with Crippen LogP contribution in [0, 0.1) is 0 Å². The predicted molar refractivity (Wildman–Crippen MR) is 62.7 cm³/mol. The van der Waals surface area contributed by atoms with Gasteiger partial charge in [0.25, 0.3) is 0 Å². The molecular formula is C13H18N2O2. The zero-order chi connectivity index (χ0) is 12.5. The van der Waals surface area contributed by atoms with E-state index in [-0.39, 0.29) is 0 Å². The van der Waals surface area contributed by atoms with Crippen LogP contribution in [0.15, 0.2) is 24.3 Å². The van der Waals surface area contributed by atoms with Gasteiger partial charge in [-0.3, -0.25) is 0 Å². The van der Waals surface area contributed by atoms with E-state index >= 15 is 0 Å². The SMILES string of the molecule is Nc1ccc(C2CCC([NH3+])(C(=O)[O-])CC2)cc1. The molecule has 0 bridgehead atoms. The molecular weight excluding hydrogens is 216 g/mol. The van der Waals surface area contributed by atoms with Crippen LogP contribution in [-0.4, -0.2) is 11.5 Å². The number of carbonyl (C=O) groups is 1. The Bertz CT molecular complexity index is 406. The quantitative estimate of drug-likeness (QED) is 0.685. The summed E-state index contributed by atoms with van der Waals surface area (Å²) in [5.74, 6) is -0.599. The maximum atomic E-state index is 11.0. The van der Waals surface area contributed by atoms with Crippen molar-refractivity contribution in [3.63, 3.8) is 0 Å². The van der Waals surface area contributed by atoms with Gasteiger partial charge in [-0.15, -0.1) is 0 Å². The Morgan fingerprint density at radius 3 is 2.29 bits per heavy atom. The van der Waals surface area contributed by atoms with Crippen LogP contribution < -0.4 is 16.6 Å². The van der Waals surface area contributed by atoms with E-state index in [4.69, 9.17) is 5.73 Å². The van der Waals surface area contributed by atoms with Crippen molar-refractivity contribution in [1.82, 2.24) is 0 Å². The molecule has 0 atom stereocenters. The molecule has 5 N–H and O–H groups in total. The third kappa shape index (κ3) is 2.42. The first-order valence-electron chi connectivity index (χ1n) is 5.93. The normalized spacial score (nSPS) is 28.9. The van der Waals surface area contributed by atoms with Crippen LogP contribution in [0.5, 0.6) is 0 Å². The summed E-state index contributed by atoms with van der Waals surface area (Å²) in [5, 5.41) is 11.0. The van der Waals surface area contributed by atoms with Gasteiger partial charge in [0.2, 0.25) is 0 Å². The predicted octanol–water partition coefficient (Wildman–Crippen LogP) is -0.343. The Labute approximate surface area is 101 Å². The molecule has 0 aromatic heterocycles. The van der Waals surface area contributed by atoms with E-state index in [9.17, 15) is 9.90 Å².